The van der Waals surface area contributed by atoms with Crippen LogP contribution in [0.3, 0.4) is 0 Å². The second kappa shape index (κ2) is 6.88. The van der Waals surface area contributed by atoms with Crippen LogP contribution >= 0.6 is 0 Å². The largest absolute Gasteiger partial charge is 0.315 e. The number of nitrogens with zero attached hydrogens (tertiary/aromatic N) is 2. The van der Waals surface area contributed by atoms with Gasteiger partial charge in [0.1, 0.15) is 0 Å². The zero-order chi connectivity index (χ0) is 13.0. The van der Waals surface area contributed by atoms with Gasteiger partial charge in [-0.25, -0.2) is 0 Å². The van der Waals surface area contributed by atoms with E-state index in [-0.39, 0.29) is 0 Å². The predicted molar refractivity (Wildman–Crippen MR) is 78.0 cm³/mol. The number of likely N-dealkylation sites (N-methyl/N-ethyl adjacent to an activating group) is 3. The predicted octanol–water partition coefficient (Wildman–Crippen LogP) is 1.93. The van der Waals surface area contributed by atoms with Crippen LogP contribution in [-0.4, -0.2) is 61.7 Å². The Morgan fingerprint density at radius 3 is 2.67 bits per heavy atom. The molecule has 0 aromatic heterocycles. The van der Waals surface area contributed by atoms with Crippen molar-refractivity contribution in [3.05, 3.63) is 0 Å². The Hall–Kier alpha value is -0.120. The van der Waals surface area contributed by atoms with Crippen LogP contribution in [0.15, 0.2) is 0 Å². The lowest BCUT2D eigenvalue weighted by Crippen LogP contribution is -2.52. The first-order valence-electron chi connectivity index (χ1n) is 7.87. The summed E-state index contributed by atoms with van der Waals surface area (Å²) in [6, 6.07) is 2.27. The van der Waals surface area contributed by atoms with Gasteiger partial charge in [0.25, 0.3) is 0 Å². The van der Waals surface area contributed by atoms with Gasteiger partial charge in [-0.1, -0.05) is 19.8 Å². The van der Waals surface area contributed by atoms with E-state index in [1.54, 1.807) is 0 Å². The fraction of sp³-hybridized carbons (Fsp3) is 1.00. The van der Waals surface area contributed by atoms with Crippen molar-refractivity contribution in [2.75, 3.05) is 33.7 Å². The van der Waals surface area contributed by atoms with Gasteiger partial charge in [-0.2, -0.15) is 0 Å². The van der Waals surface area contributed by atoms with E-state index in [1.807, 2.05) is 0 Å². The first kappa shape index (κ1) is 14.3. The van der Waals surface area contributed by atoms with Gasteiger partial charge in [0, 0.05) is 24.7 Å². The smallest absolute Gasteiger partial charge is 0.0246 e. The third-order valence-electron chi connectivity index (χ3n) is 5.07. The first-order chi connectivity index (χ1) is 8.76. The van der Waals surface area contributed by atoms with Gasteiger partial charge in [-0.05, 0) is 52.9 Å². The Balaban J connectivity index is 1.87. The van der Waals surface area contributed by atoms with Crippen molar-refractivity contribution in [1.29, 1.82) is 0 Å². The molecule has 106 valence electrons. The Bertz CT molecular complexity index is 244. The molecule has 0 aromatic carbocycles. The van der Waals surface area contributed by atoms with Crippen LogP contribution in [0.25, 0.3) is 0 Å². The summed E-state index contributed by atoms with van der Waals surface area (Å²) in [6.45, 7) is 6.10. The summed E-state index contributed by atoms with van der Waals surface area (Å²) in [5.74, 6) is 0. The summed E-state index contributed by atoms with van der Waals surface area (Å²) in [4.78, 5) is 5.30. The van der Waals surface area contributed by atoms with E-state index < -0.39 is 0 Å². The van der Waals surface area contributed by atoms with Gasteiger partial charge in [-0.3, -0.25) is 4.90 Å². The van der Waals surface area contributed by atoms with Crippen LogP contribution in [0.2, 0.25) is 0 Å². The molecule has 0 aromatic rings. The summed E-state index contributed by atoms with van der Waals surface area (Å²) < 4.78 is 0. The Morgan fingerprint density at radius 1 is 1.17 bits per heavy atom. The standard InChI is InChI=1S/C15H31N3/c1-4-18-11-7-8-13(18)12-17(3)15-10-6-5-9-14(15)16-2/h13-16H,4-12H2,1-3H3. The van der Waals surface area contributed by atoms with Crippen LogP contribution in [0.1, 0.15) is 45.4 Å². The molecule has 0 amide bonds. The van der Waals surface area contributed by atoms with Gasteiger partial charge in [0.05, 0.1) is 0 Å². The van der Waals surface area contributed by atoms with Gasteiger partial charge in [0.15, 0.2) is 0 Å². The molecule has 1 heterocycles. The molecule has 1 saturated heterocycles. The second-order valence-corrected chi connectivity index (χ2v) is 6.11. The van der Waals surface area contributed by atoms with E-state index in [0.717, 1.165) is 12.1 Å². The van der Waals surface area contributed by atoms with E-state index in [9.17, 15) is 0 Å². The fourth-order valence-electron chi connectivity index (χ4n) is 3.96. The molecular formula is C15H31N3. The third-order valence-corrected chi connectivity index (χ3v) is 5.07. The maximum absolute atomic E-state index is 3.53. The molecule has 2 fully saturated rings. The highest BCUT2D eigenvalue weighted by atomic mass is 15.2. The molecule has 1 N–H and O–H groups in total. The van der Waals surface area contributed by atoms with Gasteiger partial charge >= 0.3 is 0 Å². The SMILES string of the molecule is CCN1CCCC1CN(C)C1CCCCC1NC. The van der Waals surface area contributed by atoms with Crippen molar-refractivity contribution in [2.24, 2.45) is 0 Å². The second-order valence-electron chi connectivity index (χ2n) is 6.11. The van der Waals surface area contributed by atoms with E-state index in [1.165, 1.54) is 58.2 Å². The van der Waals surface area contributed by atoms with Crippen LogP contribution < -0.4 is 5.32 Å². The summed E-state index contributed by atoms with van der Waals surface area (Å²) >= 11 is 0. The van der Waals surface area contributed by atoms with Gasteiger partial charge in [-0.15, -0.1) is 0 Å². The van der Waals surface area contributed by atoms with Gasteiger partial charge < -0.3 is 10.2 Å². The minimum atomic E-state index is 0.709. The minimum Gasteiger partial charge on any atom is -0.315 e. The molecule has 1 saturated carbocycles. The molecule has 3 nitrogen and oxygen atoms in total. The molecule has 1 aliphatic carbocycles. The number of likely N-dealkylation sites (tertiary alicyclic amines) is 1. The van der Waals surface area contributed by atoms with Crippen molar-refractivity contribution in [1.82, 2.24) is 15.1 Å². The summed E-state index contributed by atoms with van der Waals surface area (Å²) in [5, 5.41) is 3.53. The fourth-order valence-corrected chi connectivity index (χ4v) is 3.96. The molecule has 1 aliphatic heterocycles. The molecule has 0 radical (unpaired) electrons. The van der Waals surface area contributed by atoms with E-state index >= 15 is 0 Å². The zero-order valence-corrected chi connectivity index (χ0v) is 12.5. The molecule has 18 heavy (non-hydrogen) atoms. The quantitative estimate of drug-likeness (QED) is 0.808. The lowest BCUT2D eigenvalue weighted by Gasteiger charge is -2.40. The average Bonchev–Trinajstić information content (AvgIpc) is 2.85. The van der Waals surface area contributed by atoms with Crippen molar-refractivity contribution < 1.29 is 0 Å². The normalized spacial score (nSPS) is 34.3. The topological polar surface area (TPSA) is 18.5 Å². The Kier molecular flexibility index (Phi) is 5.46. The highest BCUT2D eigenvalue weighted by Crippen LogP contribution is 2.24. The van der Waals surface area contributed by atoms with E-state index in [0.29, 0.717) is 6.04 Å². The zero-order valence-electron chi connectivity index (χ0n) is 12.5. The maximum Gasteiger partial charge on any atom is 0.0246 e. The number of hydrogen-bond acceptors (Lipinski definition) is 3. The first-order valence-corrected chi connectivity index (χ1v) is 7.87. The maximum atomic E-state index is 3.53. The average molecular weight is 253 g/mol. The summed E-state index contributed by atoms with van der Waals surface area (Å²) in [5.41, 5.74) is 0. The van der Waals surface area contributed by atoms with Crippen LogP contribution in [0, 0.1) is 0 Å². The monoisotopic (exact) mass is 253 g/mol. The molecule has 2 aliphatic rings. The molecule has 2 rings (SSSR count). The minimum absolute atomic E-state index is 0.709. The van der Waals surface area contributed by atoms with Crippen molar-refractivity contribution in [3.63, 3.8) is 0 Å². The molecule has 0 spiro atoms. The summed E-state index contributed by atoms with van der Waals surface area (Å²) in [6.07, 6.45) is 8.34. The van der Waals surface area contributed by atoms with Crippen LogP contribution in [0.5, 0.6) is 0 Å². The van der Waals surface area contributed by atoms with Crippen molar-refractivity contribution >= 4 is 0 Å². The summed E-state index contributed by atoms with van der Waals surface area (Å²) in [7, 11) is 4.47. The van der Waals surface area contributed by atoms with Gasteiger partial charge in [0.2, 0.25) is 0 Å². The number of nitrogens with one attached hydrogen (secondary N) is 1. The highest BCUT2D eigenvalue weighted by molar-refractivity contribution is 4.89. The lowest BCUT2D eigenvalue weighted by atomic mass is 9.89. The number of rotatable bonds is 5. The third kappa shape index (κ3) is 3.25. The Labute approximate surface area is 113 Å². The molecule has 3 unspecified atom stereocenters. The lowest BCUT2D eigenvalue weighted by molar-refractivity contribution is 0.117. The molecule has 3 atom stereocenters. The number of hydrogen-bond donors (Lipinski definition) is 1. The van der Waals surface area contributed by atoms with Crippen molar-refractivity contribution in [2.45, 2.75) is 63.6 Å². The van der Waals surface area contributed by atoms with E-state index in [4.69, 9.17) is 0 Å². The van der Waals surface area contributed by atoms with Crippen LogP contribution in [0.4, 0.5) is 0 Å². The molecule has 3 heteroatoms. The van der Waals surface area contributed by atoms with Crippen LogP contribution in [-0.2, 0) is 0 Å². The van der Waals surface area contributed by atoms with Crippen molar-refractivity contribution in [3.8, 4) is 0 Å². The molecule has 0 bridgehead atoms. The molecular weight excluding hydrogens is 222 g/mol. The van der Waals surface area contributed by atoms with E-state index in [2.05, 4.69) is 36.1 Å². The highest BCUT2D eigenvalue weighted by Gasteiger charge is 2.30. The Morgan fingerprint density at radius 2 is 1.94 bits per heavy atom.